The van der Waals surface area contributed by atoms with Crippen molar-refractivity contribution in [2.45, 2.75) is 18.9 Å². The minimum Gasteiger partial charge on any atom is -0.392 e. The Bertz CT molecular complexity index is 569. The highest BCUT2D eigenvalue weighted by molar-refractivity contribution is 6.30. The van der Waals surface area contributed by atoms with Gasteiger partial charge < -0.3 is 5.11 Å². The van der Waals surface area contributed by atoms with Crippen LogP contribution in [0.2, 0.25) is 5.02 Å². The maximum absolute atomic E-state index is 9.58. The zero-order valence-electron chi connectivity index (χ0n) is 10.4. The smallest absolute Gasteiger partial charge is 0.0710 e. The van der Waals surface area contributed by atoms with Crippen molar-refractivity contribution in [3.8, 4) is 17.2 Å². The zero-order valence-corrected chi connectivity index (χ0v) is 11.1. The topological polar surface area (TPSA) is 44.0 Å². The van der Waals surface area contributed by atoms with Crippen LogP contribution in [0.4, 0.5) is 0 Å². The lowest BCUT2D eigenvalue weighted by Crippen LogP contribution is -2.08. The van der Waals surface area contributed by atoms with Gasteiger partial charge in [-0.05, 0) is 35.2 Å². The first-order valence-corrected chi connectivity index (χ1v) is 6.47. The van der Waals surface area contributed by atoms with Gasteiger partial charge in [0.25, 0.3) is 0 Å². The zero-order chi connectivity index (χ0) is 13.7. The molecule has 0 saturated heterocycles. The van der Waals surface area contributed by atoms with Gasteiger partial charge in [0.05, 0.1) is 18.6 Å². The van der Waals surface area contributed by atoms with Crippen molar-refractivity contribution in [1.29, 1.82) is 5.26 Å². The van der Waals surface area contributed by atoms with Crippen LogP contribution >= 0.6 is 11.6 Å². The van der Waals surface area contributed by atoms with Crippen molar-refractivity contribution >= 4 is 11.6 Å². The van der Waals surface area contributed by atoms with E-state index in [1.54, 1.807) is 0 Å². The van der Waals surface area contributed by atoms with Gasteiger partial charge in [0.1, 0.15) is 0 Å². The first-order valence-electron chi connectivity index (χ1n) is 6.09. The van der Waals surface area contributed by atoms with Crippen molar-refractivity contribution in [1.82, 2.24) is 0 Å². The molecule has 0 aliphatic carbocycles. The van der Waals surface area contributed by atoms with E-state index in [2.05, 4.69) is 0 Å². The van der Waals surface area contributed by atoms with E-state index in [4.69, 9.17) is 16.9 Å². The normalized spacial score (nSPS) is 11.8. The molecule has 0 heterocycles. The molecule has 0 bridgehead atoms. The average molecular weight is 272 g/mol. The molecule has 0 aromatic heterocycles. The summed E-state index contributed by atoms with van der Waals surface area (Å²) in [5.41, 5.74) is 3.24. The lowest BCUT2D eigenvalue weighted by atomic mass is 10.0. The summed E-state index contributed by atoms with van der Waals surface area (Å²) >= 11 is 5.86. The summed E-state index contributed by atoms with van der Waals surface area (Å²) in [4.78, 5) is 0. The van der Waals surface area contributed by atoms with Gasteiger partial charge in [-0.3, -0.25) is 0 Å². The van der Waals surface area contributed by atoms with Gasteiger partial charge in [-0.25, -0.2) is 0 Å². The maximum atomic E-state index is 9.58. The largest absolute Gasteiger partial charge is 0.392 e. The monoisotopic (exact) mass is 271 g/mol. The van der Waals surface area contributed by atoms with Crippen LogP contribution < -0.4 is 0 Å². The molecule has 0 saturated carbocycles. The van der Waals surface area contributed by atoms with E-state index in [1.165, 1.54) is 0 Å². The van der Waals surface area contributed by atoms with Gasteiger partial charge in [-0.15, -0.1) is 0 Å². The highest BCUT2D eigenvalue weighted by Gasteiger charge is 2.05. The van der Waals surface area contributed by atoms with E-state index >= 15 is 0 Å². The minimum absolute atomic E-state index is 0.166. The molecule has 0 fully saturated rings. The van der Waals surface area contributed by atoms with E-state index in [1.807, 2.05) is 54.6 Å². The van der Waals surface area contributed by atoms with Crippen LogP contribution in [0.25, 0.3) is 11.1 Å². The fourth-order valence-electron chi connectivity index (χ4n) is 1.93. The maximum Gasteiger partial charge on any atom is 0.0710 e. The predicted molar refractivity (Wildman–Crippen MR) is 76.8 cm³/mol. The Balaban J connectivity index is 2.10. The molecule has 3 heteroatoms. The van der Waals surface area contributed by atoms with Crippen LogP contribution in [0.1, 0.15) is 12.0 Å². The molecular formula is C16H14ClNO. The van der Waals surface area contributed by atoms with Gasteiger partial charge in [-0.1, -0.05) is 48.0 Å². The quantitative estimate of drug-likeness (QED) is 0.919. The lowest BCUT2D eigenvalue weighted by Gasteiger charge is -2.08. The number of aliphatic hydroxyl groups excluding tert-OH is 1. The highest BCUT2D eigenvalue weighted by Crippen LogP contribution is 2.22. The number of hydrogen-bond acceptors (Lipinski definition) is 2. The third kappa shape index (κ3) is 3.82. The first-order chi connectivity index (χ1) is 9.19. The van der Waals surface area contributed by atoms with Gasteiger partial charge in [-0.2, -0.15) is 5.26 Å². The molecule has 2 rings (SSSR count). The van der Waals surface area contributed by atoms with Crippen molar-refractivity contribution in [2.24, 2.45) is 0 Å². The summed E-state index contributed by atoms with van der Waals surface area (Å²) in [5, 5.41) is 18.8. The molecule has 0 radical (unpaired) electrons. The highest BCUT2D eigenvalue weighted by atomic mass is 35.5. The summed E-state index contributed by atoms with van der Waals surface area (Å²) in [6, 6.07) is 17.6. The number of aliphatic hydroxyl groups is 1. The van der Waals surface area contributed by atoms with Crippen molar-refractivity contribution in [3.63, 3.8) is 0 Å². The van der Waals surface area contributed by atoms with Crippen LogP contribution in [-0.4, -0.2) is 11.2 Å². The van der Waals surface area contributed by atoms with Gasteiger partial charge >= 0.3 is 0 Å². The molecule has 96 valence electrons. The molecule has 19 heavy (non-hydrogen) atoms. The molecule has 0 amide bonds. The van der Waals surface area contributed by atoms with Crippen molar-refractivity contribution in [3.05, 3.63) is 59.1 Å². The van der Waals surface area contributed by atoms with Crippen LogP contribution in [0.3, 0.4) is 0 Å². The van der Waals surface area contributed by atoms with Crippen molar-refractivity contribution < 1.29 is 5.11 Å². The van der Waals surface area contributed by atoms with Crippen LogP contribution in [0.5, 0.6) is 0 Å². The Morgan fingerprint density at radius 3 is 2.05 bits per heavy atom. The minimum atomic E-state index is -0.591. The number of nitriles is 1. The Kier molecular flexibility index (Phi) is 4.57. The molecule has 1 N–H and O–H groups in total. The van der Waals surface area contributed by atoms with Gasteiger partial charge in [0, 0.05) is 5.02 Å². The molecule has 2 aromatic rings. The lowest BCUT2D eigenvalue weighted by molar-refractivity contribution is 0.180. The Morgan fingerprint density at radius 2 is 1.53 bits per heavy atom. The molecule has 2 nitrogen and oxygen atoms in total. The fourth-order valence-corrected chi connectivity index (χ4v) is 2.05. The second-order valence-corrected chi connectivity index (χ2v) is 4.86. The fraction of sp³-hybridized carbons (Fsp3) is 0.188. The second-order valence-electron chi connectivity index (χ2n) is 4.42. The second kappa shape index (κ2) is 6.38. The summed E-state index contributed by atoms with van der Waals surface area (Å²) in [7, 11) is 0. The van der Waals surface area contributed by atoms with Gasteiger partial charge in [0.15, 0.2) is 0 Å². The van der Waals surface area contributed by atoms with E-state index < -0.39 is 6.10 Å². The number of benzene rings is 2. The molecule has 0 aliphatic heterocycles. The SMILES string of the molecule is N#CC[C@H](O)Cc1ccc(-c2ccc(Cl)cc2)cc1. The first kappa shape index (κ1) is 13.6. The van der Waals surface area contributed by atoms with Gasteiger partial charge in [0.2, 0.25) is 0 Å². The Labute approximate surface area is 117 Å². The van der Waals surface area contributed by atoms with Crippen LogP contribution in [0, 0.1) is 11.3 Å². The molecular weight excluding hydrogens is 258 g/mol. The molecule has 1 atom stereocenters. The van der Waals surface area contributed by atoms with Crippen LogP contribution in [-0.2, 0) is 6.42 Å². The third-order valence-electron chi connectivity index (χ3n) is 2.93. The Hall–Kier alpha value is -1.82. The number of halogens is 1. The standard InChI is InChI=1S/C16H14ClNO/c17-15-7-5-14(6-8-15)13-3-1-12(2-4-13)11-16(19)9-10-18/h1-8,16,19H,9,11H2/t16-/m0/s1. The molecule has 0 unspecified atom stereocenters. The molecule has 2 aromatic carbocycles. The van der Waals surface area contributed by atoms with E-state index in [-0.39, 0.29) is 6.42 Å². The van der Waals surface area contributed by atoms with Crippen molar-refractivity contribution in [2.75, 3.05) is 0 Å². The average Bonchev–Trinajstić information content (AvgIpc) is 2.41. The third-order valence-corrected chi connectivity index (χ3v) is 3.18. The summed E-state index contributed by atoms with van der Waals surface area (Å²) in [6.07, 6.45) is 0.0827. The number of rotatable bonds is 4. The molecule has 0 aliphatic rings. The summed E-state index contributed by atoms with van der Waals surface area (Å²) in [5.74, 6) is 0. The van der Waals surface area contributed by atoms with E-state index in [9.17, 15) is 5.11 Å². The van der Waals surface area contributed by atoms with Crippen LogP contribution in [0.15, 0.2) is 48.5 Å². The van der Waals surface area contributed by atoms with E-state index in [0.29, 0.717) is 6.42 Å². The summed E-state index contributed by atoms with van der Waals surface area (Å²) < 4.78 is 0. The number of hydrogen-bond donors (Lipinski definition) is 1. The predicted octanol–water partition coefficient (Wildman–Crippen LogP) is 3.82. The Morgan fingerprint density at radius 1 is 1.00 bits per heavy atom. The molecule has 0 spiro atoms. The van der Waals surface area contributed by atoms with E-state index in [0.717, 1.165) is 21.7 Å². The number of nitrogens with zero attached hydrogens (tertiary/aromatic N) is 1. The summed E-state index contributed by atoms with van der Waals surface area (Å²) in [6.45, 7) is 0.